The Labute approximate surface area is 102 Å². The molecule has 1 heterocycles. The minimum atomic E-state index is -0.169. The molecule has 0 aliphatic carbocycles. The minimum Gasteiger partial charge on any atom is -0.488 e. The largest absolute Gasteiger partial charge is 0.488 e. The molecule has 0 spiro atoms. The van der Waals surface area contributed by atoms with Gasteiger partial charge < -0.3 is 4.74 Å². The van der Waals surface area contributed by atoms with E-state index in [-0.39, 0.29) is 5.60 Å². The van der Waals surface area contributed by atoms with E-state index in [1.165, 1.54) is 6.33 Å². The third-order valence-corrected chi connectivity index (χ3v) is 2.17. The van der Waals surface area contributed by atoms with Gasteiger partial charge >= 0.3 is 0 Å². The molecule has 0 aliphatic heterocycles. The Hall–Kier alpha value is -1.90. The van der Waals surface area contributed by atoms with Crippen LogP contribution in [-0.4, -0.2) is 15.6 Å². The molecule has 0 bridgehead atoms. The van der Waals surface area contributed by atoms with Crippen molar-refractivity contribution < 1.29 is 4.74 Å². The fourth-order valence-corrected chi connectivity index (χ4v) is 1.52. The Morgan fingerprint density at radius 3 is 2.00 bits per heavy atom. The smallest absolute Gasteiger partial charge is 0.120 e. The zero-order valence-corrected chi connectivity index (χ0v) is 10.3. The molecule has 2 aromatic rings. The summed E-state index contributed by atoms with van der Waals surface area (Å²) in [7, 11) is 0. The van der Waals surface area contributed by atoms with Gasteiger partial charge in [0, 0.05) is 18.0 Å². The molecule has 1 aromatic carbocycles. The highest BCUT2D eigenvalue weighted by Crippen LogP contribution is 2.23. The van der Waals surface area contributed by atoms with Crippen LogP contribution in [0.3, 0.4) is 0 Å². The Bertz CT molecular complexity index is 472. The van der Waals surface area contributed by atoms with E-state index in [2.05, 4.69) is 9.97 Å². The van der Waals surface area contributed by atoms with Gasteiger partial charge in [0.05, 0.1) is 0 Å². The molecule has 0 saturated carbocycles. The Kier molecular flexibility index (Phi) is 3.09. The third-order valence-electron chi connectivity index (χ3n) is 2.17. The molecule has 2 rings (SSSR count). The van der Waals surface area contributed by atoms with Gasteiger partial charge in [0.1, 0.15) is 17.7 Å². The standard InChI is InChI=1S/C14H16N2O/c1-14(2,3)17-13-6-4-11(5-7-13)12-8-15-10-16-9-12/h4-10H,1-3H3. The molecule has 0 saturated heterocycles. The summed E-state index contributed by atoms with van der Waals surface area (Å²) in [6, 6.07) is 7.96. The Morgan fingerprint density at radius 1 is 0.882 bits per heavy atom. The summed E-state index contributed by atoms with van der Waals surface area (Å²) in [6.07, 6.45) is 5.12. The van der Waals surface area contributed by atoms with Gasteiger partial charge in [-0.05, 0) is 38.5 Å². The number of aromatic nitrogens is 2. The maximum Gasteiger partial charge on any atom is 0.120 e. The van der Waals surface area contributed by atoms with E-state index in [1.54, 1.807) is 12.4 Å². The molecule has 88 valence electrons. The summed E-state index contributed by atoms with van der Waals surface area (Å²) < 4.78 is 5.76. The summed E-state index contributed by atoms with van der Waals surface area (Å²) in [5.74, 6) is 0.873. The second-order valence-electron chi connectivity index (χ2n) is 4.87. The van der Waals surface area contributed by atoms with E-state index in [1.807, 2.05) is 45.0 Å². The van der Waals surface area contributed by atoms with Gasteiger partial charge in [-0.1, -0.05) is 12.1 Å². The highest BCUT2D eigenvalue weighted by Gasteiger charge is 2.11. The van der Waals surface area contributed by atoms with Gasteiger partial charge in [-0.25, -0.2) is 9.97 Å². The zero-order valence-electron chi connectivity index (χ0n) is 10.3. The fourth-order valence-electron chi connectivity index (χ4n) is 1.52. The van der Waals surface area contributed by atoms with Crippen LogP contribution >= 0.6 is 0 Å². The predicted molar refractivity (Wildman–Crippen MR) is 67.8 cm³/mol. The van der Waals surface area contributed by atoms with Crippen LogP contribution in [0.25, 0.3) is 11.1 Å². The van der Waals surface area contributed by atoms with Crippen LogP contribution in [0, 0.1) is 0 Å². The lowest BCUT2D eigenvalue weighted by Crippen LogP contribution is -2.22. The molecule has 17 heavy (non-hydrogen) atoms. The molecule has 0 aliphatic rings. The summed E-state index contributed by atoms with van der Waals surface area (Å²) in [5.41, 5.74) is 1.93. The lowest BCUT2D eigenvalue weighted by atomic mass is 10.1. The summed E-state index contributed by atoms with van der Waals surface area (Å²) in [4.78, 5) is 8.00. The van der Waals surface area contributed by atoms with Gasteiger partial charge in [0.15, 0.2) is 0 Å². The molecule has 0 unspecified atom stereocenters. The van der Waals surface area contributed by atoms with Crippen molar-refractivity contribution in [3.05, 3.63) is 43.0 Å². The molecule has 0 radical (unpaired) electrons. The second kappa shape index (κ2) is 4.53. The zero-order chi connectivity index (χ0) is 12.3. The van der Waals surface area contributed by atoms with Crippen molar-refractivity contribution in [1.82, 2.24) is 9.97 Å². The molecule has 0 amide bonds. The van der Waals surface area contributed by atoms with Gasteiger partial charge in [-0.15, -0.1) is 0 Å². The molecular formula is C14H16N2O. The first-order chi connectivity index (χ1) is 8.04. The molecular weight excluding hydrogens is 212 g/mol. The van der Waals surface area contributed by atoms with E-state index in [9.17, 15) is 0 Å². The van der Waals surface area contributed by atoms with E-state index in [0.29, 0.717) is 0 Å². The van der Waals surface area contributed by atoms with E-state index in [4.69, 9.17) is 4.74 Å². The fraction of sp³-hybridized carbons (Fsp3) is 0.286. The average molecular weight is 228 g/mol. The monoisotopic (exact) mass is 228 g/mol. The molecule has 3 nitrogen and oxygen atoms in total. The summed E-state index contributed by atoms with van der Waals surface area (Å²) in [5, 5.41) is 0. The first-order valence-corrected chi connectivity index (χ1v) is 5.59. The lowest BCUT2D eigenvalue weighted by molar-refractivity contribution is 0.131. The van der Waals surface area contributed by atoms with Gasteiger partial charge in [0.2, 0.25) is 0 Å². The SMILES string of the molecule is CC(C)(C)Oc1ccc(-c2cncnc2)cc1. The number of ether oxygens (including phenoxy) is 1. The van der Waals surface area contributed by atoms with Crippen LogP contribution in [0.1, 0.15) is 20.8 Å². The van der Waals surface area contributed by atoms with Crippen LogP contribution in [0.15, 0.2) is 43.0 Å². The highest BCUT2D eigenvalue weighted by molar-refractivity contribution is 5.62. The average Bonchev–Trinajstić information content (AvgIpc) is 2.29. The maximum absolute atomic E-state index is 5.76. The quantitative estimate of drug-likeness (QED) is 0.790. The minimum absolute atomic E-state index is 0.169. The normalized spacial score (nSPS) is 11.2. The predicted octanol–water partition coefficient (Wildman–Crippen LogP) is 3.32. The van der Waals surface area contributed by atoms with Crippen molar-refractivity contribution >= 4 is 0 Å². The van der Waals surface area contributed by atoms with Crippen molar-refractivity contribution in [3.8, 4) is 16.9 Å². The first-order valence-electron chi connectivity index (χ1n) is 5.59. The van der Waals surface area contributed by atoms with Gasteiger partial charge in [-0.2, -0.15) is 0 Å². The van der Waals surface area contributed by atoms with Crippen LogP contribution in [0.5, 0.6) is 5.75 Å². The maximum atomic E-state index is 5.76. The molecule has 1 aromatic heterocycles. The number of nitrogens with zero attached hydrogens (tertiary/aromatic N) is 2. The van der Waals surface area contributed by atoms with E-state index >= 15 is 0 Å². The van der Waals surface area contributed by atoms with Crippen molar-refractivity contribution in [1.29, 1.82) is 0 Å². The topological polar surface area (TPSA) is 35.0 Å². The van der Waals surface area contributed by atoms with Crippen LogP contribution in [-0.2, 0) is 0 Å². The third kappa shape index (κ3) is 3.28. The summed E-state index contributed by atoms with van der Waals surface area (Å²) in [6.45, 7) is 6.10. The molecule has 3 heteroatoms. The van der Waals surface area contributed by atoms with Gasteiger partial charge in [-0.3, -0.25) is 0 Å². The first kappa shape index (κ1) is 11.6. The van der Waals surface area contributed by atoms with Crippen molar-refractivity contribution in [2.45, 2.75) is 26.4 Å². The van der Waals surface area contributed by atoms with Gasteiger partial charge in [0.25, 0.3) is 0 Å². The van der Waals surface area contributed by atoms with Crippen molar-refractivity contribution in [3.63, 3.8) is 0 Å². The molecule has 0 atom stereocenters. The summed E-state index contributed by atoms with van der Waals surface area (Å²) >= 11 is 0. The molecule has 0 fully saturated rings. The highest BCUT2D eigenvalue weighted by atomic mass is 16.5. The van der Waals surface area contributed by atoms with Crippen molar-refractivity contribution in [2.75, 3.05) is 0 Å². The number of hydrogen-bond donors (Lipinski definition) is 0. The van der Waals surface area contributed by atoms with Crippen molar-refractivity contribution in [2.24, 2.45) is 0 Å². The Balaban J connectivity index is 2.19. The van der Waals surface area contributed by atoms with E-state index < -0.39 is 0 Å². The molecule has 0 N–H and O–H groups in total. The van der Waals surface area contributed by atoms with Crippen LogP contribution in [0.4, 0.5) is 0 Å². The number of rotatable bonds is 2. The second-order valence-corrected chi connectivity index (χ2v) is 4.87. The Morgan fingerprint density at radius 2 is 1.47 bits per heavy atom. The van der Waals surface area contributed by atoms with E-state index in [0.717, 1.165) is 16.9 Å². The van der Waals surface area contributed by atoms with Crippen LogP contribution < -0.4 is 4.74 Å². The lowest BCUT2D eigenvalue weighted by Gasteiger charge is -2.21. The number of hydrogen-bond acceptors (Lipinski definition) is 3. The van der Waals surface area contributed by atoms with Crippen LogP contribution in [0.2, 0.25) is 0 Å². The number of benzene rings is 1.